The molecule has 5 rings (SSSR count). The van der Waals surface area contributed by atoms with E-state index >= 15 is 0 Å². The SMILES string of the molecule is Cc1nc(=O)[nH]c(C)c1CCC(=O)N1CCN([C@H]2CN3CCC2CC3)CC1. The van der Waals surface area contributed by atoms with Crippen molar-refractivity contribution >= 4 is 5.91 Å². The highest BCUT2D eigenvalue weighted by molar-refractivity contribution is 5.76. The number of rotatable bonds is 4. The summed E-state index contributed by atoms with van der Waals surface area (Å²) in [6, 6.07) is 0.697. The lowest BCUT2D eigenvalue weighted by molar-refractivity contribution is -0.134. The molecular formula is C20H31N5O2. The molecule has 7 nitrogen and oxygen atoms in total. The zero-order valence-electron chi connectivity index (χ0n) is 16.5. The summed E-state index contributed by atoms with van der Waals surface area (Å²) in [5, 5.41) is 0. The van der Waals surface area contributed by atoms with E-state index < -0.39 is 0 Å². The molecule has 4 aliphatic rings. The fraction of sp³-hybridized carbons (Fsp3) is 0.750. The number of carbonyl (C=O) groups is 1. The van der Waals surface area contributed by atoms with Crippen LogP contribution >= 0.6 is 0 Å². The number of aryl methyl sites for hydroxylation is 2. The molecule has 2 bridgehead atoms. The first-order valence-electron chi connectivity index (χ1n) is 10.3. The second-order valence-electron chi connectivity index (χ2n) is 8.35. The molecule has 1 aromatic rings. The van der Waals surface area contributed by atoms with E-state index in [9.17, 15) is 9.59 Å². The Morgan fingerprint density at radius 3 is 2.41 bits per heavy atom. The lowest BCUT2D eigenvalue weighted by atomic mass is 9.83. The van der Waals surface area contributed by atoms with Gasteiger partial charge in [0.25, 0.3) is 0 Å². The Bertz CT molecular complexity index is 719. The third-order valence-corrected chi connectivity index (χ3v) is 6.80. The molecule has 27 heavy (non-hydrogen) atoms. The van der Waals surface area contributed by atoms with Gasteiger partial charge in [-0.1, -0.05) is 0 Å². The Morgan fingerprint density at radius 1 is 1.11 bits per heavy atom. The summed E-state index contributed by atoms with van der Waals surface area (Å²) < 4.78 is 0. The van der Waals surface area contributed by atoms with Crippen molar-refractivity contribution in [1.82, 2.24) is 24.7 Å². The van der Waals surface area contributed by atoms with Gasteiger partial charge in [-0.2, -0.15) is 4.98 Å². The van der Waals surface area contributed by atoms with Crippen LogP contribution in [0.3, 0.4) is 0 Å². The highest BCUT2D eigenvalue weighted by Gasteiger charge is 2.38. The number of hydrogen-bond donors (Lipinski definition) is 1. The van der Waals surface area contributed by atoms with Gasteiger partial charge in [-0.15, -0.1) is 0 Å². The molecule has 1 N–H and O–H groups in total. The van der Waals surface area contributed by atoms with Crippen LogP contribution in [0.2, 0.25) is 0 Å². The molecule has 1 aromatic heterocycles. The first-order chi connectivity index (χ1) is 13.0. The van der Waals surface area contributed by atoms with Crippen LogP contribution in [0.5, 0.6) is 0 Å². The molecule has 0 unspecified atom stereocenters. The number of nitrogens with zero attached hydrogens (tertiary/aromatic N) is 4. The number of aromatic amines is 1. The standard InChI is InChI=1S/C20H31N5O2/c1-14-17(15(2)22-20(27)21-14)3-4-19(26)25-11-9-24(10-12-25)18-13-23-7-5-16(18)6-8-23/h16,18H,3-13H2,1-2H3,(H,21,22,27)/t18-/m0/s1. The number of nitrogens with one attached hydrogen (secondary N) is 1. The summed E-state index contributed by atoms with van der Waals surface area (Å²) >= 11 is 0. The van der Waals surface area contributed by atoms with E-state index in [2.05, 4.69) is 19.8 Å². The van der Waals surface area contributed by atoms with Crippen molar-refractivity contribution in [3.63, 3.8) is 0 Å². The van der Waals surface area contributed by atoms with Crippen LogP contribution in [-0.2, 0) is 11.2 Å². The maximum absolute atomic E-state index is 12.7. The summed E-state index contributed by atoms with van der Waals surface area (Å²) in [7, 11) is 0. The number of piperidine rings is 3. The smallest absolute Gasteiger partial charge is 0.340 e. The fourth-order valence-corrected chi connectivity index (χ4v) is 5.16. The van der Waals surface area contributed by atoms with Gasteiger partial charge in [-0.3, -0.25) is 9.69 Å². The average Bonchev–Trinajstić information content (AvgIpc) is 2.68. The van der Waals surface area contributed by atoms with E-state index in [-0.39, 0.29) is 11.6 Å². The topological polar surface area (TPSA) is 72.5 Å². The predicted molar refractivity (Wildman–Crippen MR) is 104 cm³/mol. The molecule has 0 aliphatic carbocycles. The summed E-state index contributed by atoms with van der Waals surface area (Å²) in [5.41, 5.74) is 2.24. The molecule has 5 heterocycles. The van der Waals surface area contributed by atoms with Crippen molar-refractivity contribution in [1.29, 1.82) is 0 Å². The average molecular weight is 374 g/mol. The molecule has 1 atom stereocenters. The zero-order chi connectivity index (χ0) is 19.0. The van der Waals surface area contributed by atoms with Crippen molar-refractivity contribution in [3.05, 3.63) is 27.4 Å². The second kappa shape index (κ2) is 7.72. The molecule has 0 saturated carbocycles. The normalized spacial score (nSPS) is 28.5. The van der Waals surface area contributed by atoms with E-state index in [0.717, 1.165) is 49.0 Å². The van der Waals surface area contributed by atoms with E-state index in [1.165, 1.54) is 32.5 Å². The van der Waals surface area contributed by atoms with Crippen molar-refractivity contribution in [2.45, 2.75) is 45.6 Å². The largest absolute Gasteiger partial charge is 0.345 e. The number of amides is 1. The number of piperazine rings is 1. The van der Waals surface area contributed by atoms with Gasteiger partial charge in [0.15, 0.2) is 0 Å². The zero-order valence-corrected chi connectivity index (χ0v) is 16.5. The van der Waals surface area contributed by atoms with Gasteiger partial charge in [0.05, 0.1) is 0 Å². The Morgan fingerprint density at radius 2 is 1.81 bits per heavy atom. The van der Waals surface area contributed by atoms with Crippen molar-refractivity contribution < 1.29 is 4.79 Å². The molecule has 1 amide bonds. The highest BCUT2D eigenvalue weighted by atomic mass is 16.2. The van der Waals surface area contributed by atoms with Gasteiger partial charge in [-0.25, -0.2) is 4.79 Å². The van der Waals surface area contributed by atoms with E-state index in [0.29, 0.717) is 18.9 Å². The number of carbonyl (C=O) groups excluding carboxylic acids is 1. The highest BCUT2D eigenvalue weighted by Crippen LogP contribution is 2.31. The molecule has 148 valence electrons. The van der Waals surface area contributed by atoms with Gasteiger partial charge in [0, 0.05) is 56.6 Å². The molecular weight excluding hydrogens is 342 g/mol. The van der Waals surface area contributed by atoms with Gasteiger partial charge in [0.1, 0.15) is 0 Å². The van der Waals surface area contributed by atoms with Crippen LogP contribution < -0.4 is 5.69 Å². The van der Waals surface area contributed by atoms with Gasteiger partial charge in [-0.05, 0) is 57.7 Å². The lowest BCUT2D eigenvalue weighted by Crippen LogP contribution is -2.61. The third-order valence-electron chi connectivity index (χ3n) is 6.80. The fourth-order valence-electron chi connectivity index (χ4n) is 5.16. The molecule has 4 aliphatic heterocycles. The summed E-state index contributed by atoms with van der Waals surface area (Å²) in [5.74, 6) is 1.07. The van der Waals surface area contributed by atoms with Crippen molar-refractivity contribution in [3.8, 4) is 0 Å². The summed E-state index contributed by atoms with van der Waals surface area (Å²) in [4.78, 5) is 38.0. The lowest BCUT2D eigenvalue weighted by Gasteiger charge is -2.51. The number of hydrogen-bond acceptors (Lipinski definition) is 5. The monoisotopic (exact) mass is 373 g/mol. The van der Waals surface area contributed by atoms with Gasteiger partial charge in [0.2, 0.25) is 5.91 Å². The molecule has 4 fully saturated rings. The summed E-state index contributed by atoms with van der Waals surface area (Å²) in [6.07, 6.45) is 3.81. The first kappa shape index (κ1) is 18.6. The number of aromatic nitrogens is 2. The molecule has 0 radical (unpaired) electrons. The maximum atomic E-state index is 12.7. The molecule has 0 aromatic carbocycles. The van der Waals surface area contributed by atoms with Crippen molar-refractivity contribution in [2.24, 2.45) is 5.92 Å². The van der Waals surface area contributed by atoms with Crippen LogP contribution in [0.25, 0.3) is 0 Å². The van der Waals surface area contributed by atoms with Crippen LogP contribution in [0.15, 0.2) is 4.79 Å². The third kappa shape index (κ3) is 3.94. The molecule has 4 saturated heterocycles. The second-order valence-corrected chi connectivity index (χ2v) is 8.35. The van der Waals surface area contributed by atoms with E-state index in [1.54, 1.807) is 0 Å². The van der Waals surface area contributed by atoms with Gasteiger partial charge >= 0.3 is 5.69 Å². The Labute approximate surface area is 160 Å². The quantitative estimate of drug-likeness (QED) is 0.835. The van der Waals surface area contributed by atoms with Crippen molar-refractivity contribution in [2.75, 3.05) is 45.8 Å². The van der Waals surface area contributed by atoms with Crippen LogP contribution in [0.4, 0.5) is 0 Å². The molecule has 0 spiro atoms. The van der Waals surface area contributed by atoms with E-state index in [1.807, 2.05) is 18.7 Å². The van der Waals surface area contributed by atoms with Crippen LogP contribution in [-0.4, -0.2) is 82.4 Å². The number of H-pyrrole nitrogens is 1. The number of fused-ring (bicyclic) bond motifs is 3. The minimum Gasteiger partial charge on any atom is -0.340 e. The van der Waals surface area contributed by atoms with Crippen LogP contribution in [0, 0.1) is 19.8 Å². The maximum Gasteiger partial charge on any atom is 0.345 e. The van der Waals surface area contributed by atoms with Gasteiger partial charge < -0.3 is 14.8 Å². The summed E-state index contributed by atoms with van der Waals surface area (Å²) in [6.45, 7) is 11.2. The minimum absolute atomic E-state index is 0.216. The first-order valence-corrected chi connectivity index (χ1v) is 10.3. The van der Waals surface area contributed by atoms with E-state index in [4.69, 9.17) is 0 Å². The minimum atomic E-state index is -0.316. The Balaban J connectivity index is 1.28. The Kier molecular flexibility index (Phi) is 5.32. The predicted octanol–water partition coefficient (Wildman–Crippen LogP) is 0.558. The van der Waals surface area contributed by atoms with Crippen LogP contribution in [0.1, 0.15) is 36.2 Å². The Hall–Kier alpha value is -1.73. The molecule has 7 heteroatoms.